The van der Waals surface area contributed by atoms with Crippen LogP contribution in [-0.2, 0) is 11.3 Å². The van der Waals surface area contributed by atoms with E-state index in [0.29, 0.717) is 12.2 Å². The van der Waals surface area contributed by atoms with Crippen molar-refractivity contribution in [1.29, 1.82) is 0 Å². The van der Waals surface area contributed by atoms with Crippen molar-refractivity contribution < 1.29 is 4.74 Å². The molecule has 0 unspecified atom stereocenters. The molecular weight excluding hydrogens is 332 g/mol. The Kier molecular flexibility index (Phi) is 4.13. The van der Waals surface area contributed by atoms with Gasteiger partial charge in [-0.1, -0.05) is 28.1 Å². The van der Waals surface area contributed by atoms with Gasteiger partial charge in [-0.15, -0.1) is 0 Å². The fourth-order valence-electron chi connectivity index (χ4n) is 2.95. The van der Waals surface area contributed by atoms with Gasteiger partial charge in [0.1, 0.15) is 5.69 Å². The number of ether oxygens (including phenoxy) is 1. The van der Waals surface area contributed by atoms with E-state index in [0.717, 1.165) is 42.4 Å². The second-order valence-corrected chi connectivity index (χ2v) is 6.38. The van der Waals surface area contributed by atoms with Gasteiger partial charge in [-0.3, -0.25) is 4.79 Å². The van der Waals surface area contributed by atoms with E-state index < -0.39 is 0 Å². The molecular formula is C16H19BrN2O2. The van der Waals surface area contributed by atoms with Gasteiger partial charge in [-0.05, 0) is 31.9 Å². The quantitative estimate of drug-likeness (QED) is 0.799. The lowest BCUT2D eigenvalue weighted by molar-refractivity contribution is 0.0187. The third-order valence-corrected chi connectivity index (χ3v) is 5.54. The van der Waals surface area contributed by atoms with E-state index in [9.17, 15) is 4.79 Å². The van der Waals surface area contributed by atoms with Crippen LogP contribution in [0.25, 0.3) is 11.0 Å². The predicted molar refractivity (Wildman–Crippen MR) is 87.0 cm³/mol. The molecule has 0 atom stereocenters. The highest BCUT2D eigenvalue weighted by Crippen LogP contribution is 2.34. The van der Waals surface area contributed by atoms with Gasteiger partial charge in [0, 0.05) is 30.5 Å². The number of benzene rings is 1. The fourth-order valence-corrected chi connectivity index (χ4v) is 3.69. The van der Waals surface area contributed by atoms with Crippen LogP contribution in [0.5, 0.6) is 0 Å². The molecule has 2 heterocycles. The summed E-state index contributed by atoms with van der Waals surface area (Å²) in [6.07, 6.45) is 1.95. The van der Waals surface area contributed by atoms with Crippen molar-refractivity contribution in [3.05, 3.63) is 40.3 Å². The van der Waals surface area contributed by atoms with Gasteiger partial charge < -0.3 is 9.30 Å². The first-order valence-electron chi connectivity index (χ1n) is 7.25. The van der Waals surface area contributed by atoms with Crippen molar-refractivity contribution in [2.75, 3.05) is 18.5 Å². The molecule has 0 saturated carbocycles. The summed E-state index contributed by atoms with van der Waals surface area (Å²) in [6.45, 7) is 4.03. The van der Waals surface area contributed by atoms with Crippen LogP contribution in [0, 0.1) is 12.3 Å². The summed E-state index contributed by atoms with van der Waals surface area (Å²) in [5.74, 6) is 0. The fraction of sp³-hybridized carbons (Fsp3) is 0.500. The Labute approximate surface area is 132 Å². The molecule has 3 rings (SSSR count). The molecule has 1 aliphatic rings. The van der Waals surface area contributed by atoms with Crippen LogP contribution in [0.3, 0.4) is 0 Å². The average molecular weight is 351 g/mol. The molecule has 1 fully saturated rings. The summed E-state index contributed by atoms with van der Waals surface area (Å²) < 4.78 is 7.38. The highest BCUT2D eigenvalue weighted by molar-refractivity contribution is 9.09. The zero-order valence-electron chi connectivity index (χ0n) is 12.1. The summed E-state index contributed by atoms with van der Waals surface area (Å²) in [5, 5.41) is 0.880. The van der Waals surface area contributed by atoms with Crippen LogP contribution in [0.2, 0.25) is 0 Å². The number of alkyl halides is 1. The van der Waals surface area contributed by atoms with Gasteiger partial charge in [-0.25, -0.2) is 4.98 Å². The Morgan fingerprint density at radius 3 is 2.76 bits per heavy atom. The van der Waals surface area contributed by atoms with E-state index in [1.54, 1.807) is 6.92 Å². The lowest BCUT2D eigenvalue weighted by Gasteiger charge is -2.36. The largest absolute Gasteiger partial charge is 0.381 e. The second-order valence-electron chi connectivity index (χ2n) is 5.82. The number of hydrogen-bond donors (Lipinski definition) is 0. The Hall–Kier alpha value is -1.20. The summed E-state index contributed by atoms with van der Waals surface area (Å²) in [7, 11) is 0. The lowest BCUT2D eigenvalue weighted by atomic mass is 9.82. The Morgan fingerprint density at radius 2 is 2.05 bits per heavy atom. The summed E-state index contributed by atoms with van der Waals surface area (Å²) in [6, 6.07) is 7.85. The third kappa shape index (κ3) is 2.77. The van der Waals surface area contributed by atoms with Gasteiger partial charge in [0.2, 0.25) is 0 Å². The summed E-state index contributed by atoms with van der Waals surface area (Å²) in [5.41, 5.74) is 2.45. The topological polar surface area (TPSA) is 44.1 Å². The van der Waals surface area contributed by atoms with Gasteiger partial charge in [0.15, 0.2) is 0 Å². The predicted octanol–water partition coefficient (Wildman–Crippen LogP) is 2.90. The SMILES string of the molecule is Cc1nc2ccccc2n(CC2(CBr)CCOCC2)c1=O. The van der Waals surface area contributed by atoms with Crippen molar-refractivity contribution in [1.82, 2.24) is 9.55 Å². The molecule has 5 heteroatoms. The first-order chi connectivity index (χ1) is 10.2. The highest BCUT2D eigenvalue weighted by Gasteiger charge is 2.33. The first-order valence-corrected chi connectivity index (χ1v) is 8.37. The molecule has 0 radical (unpaired) electrons. The van der Waals surface area contributed by atoms with Crippen LogP contribution in [-0.4, -0.2) is 28.1 Å². The smallest absolute Gasteiger partial charge is 0.272 e. The minimum atomic E-state index is 0.0144. The van der Waals surface area contributed by atoms with Gasteiger partial charge in [-0.2, -0.15) is 0 Å². The maximum atomic E-state index is 12.6. The van der Waals surface area contributed by atoms with Gasteiger partial charge >= 0.3 is 0 Å². The standard InChI is InChI=1S/C16H19BrN2O2/c1-12-15(20)19(14-5-3-2-4-13(14)18-12)11-16(10-17)6-8-21-9-7-16/h2-5H,6-11H2,1H3. The van der Waals surface area contributed by atoms with E-state index in [-0.39, 0.29) is 11.0 Å². The van der Waals surface area contributed by atoms with Crippen LogP contribution >= 0.6 is 15.9 Å². The molecule has 0 aliphatic carbocycles. The van der Waals surface area contributed by atoms with Crippen LogP contribution in [0.1, 0.15) is 18.5 Å². The van der Waals surface area contributed by atoms with Crippen LogP contribution in [0.15, 0.2) is 29.1 Å². The minimum absolute atomic E-state index is 0.0144. The summed E-state index contributed by atoms with van der Waals surface area (Å²) >= 11 is 3.65. The number of hydrogen-bond acceptors (Lipinski definition) is 3. The molecule has 21 heavy (non-hydrogen) atoms. The average Bonchev–Trinajstić information content (AvgIpc) is 2.53. The van der Waals surface area contributed by atoms with E-state index in [1.807, 2.05) is 28.8 Å². The monoisotopic (exact) mass is 350 g/mol. The molecule has 0 spiro atoms. The zero-order valence-corrected chi connectivity index (χ0v) is 13.7. The normalized spacial score (nSPS) is 18.0. The summed E-state index contributed by atoms with van der Waals surface area (Å²) in [4.78, 5) is 17.0. The molecule has 4 nitrogen and oxygen atoms in total. The number of para-hydroxylation sites is 2. The molecule has 0 amide bonds. The van der Waals surface area contributed by atoms with E-state index in [1.165, 1.54) is 0 Å². The zero-order chi connectivity index (χ0) is 14.9. The van der Waals surface area contributed by atoms with Gasteiger partial charge in [0.05, 0.1) is 11.0 Å². The molecule has 1 aromatic heterocycles. The van der Waals surface area contributed by atoms with Crippen molar-refractivity contribution in [3.63, 3.8) is 0 Å². The molecule has 1 aromatic carbocycles. The molecule has 0 N–H and O–H groups in total. The van der Waals surface area contributed by atoms with Crippen molar-refractivity contribution in [2.45, 2.75) is 26.3 Å². The number of halogens is 1. The maximum Gasteiger partial charge on any atom is 0.272 e. The molecule has 2 aromatic rings. The number of aromatic nitrogens is 2. The number of fused-ring (bicyclic) bond motifs is 1. The lowest BCUT2D eigenvalue weighted by Crippen LogP contribution is -2.39. The van der Waals surface area contributed by atoms with E-state index in [4.69, 9.17) is 4.74 Å². The molecule has 112 valence electrons. The van der Waals surface area contributed by atoms with Crippen molar-refractivity contribution >= 4 is 27.0 Å². The Balaban J connectivity index is 2.11. The first kappa shape index (κ1) is 14.7. The van der Waals surface area contributed by atoms with Crippen molar-refractivity contribution in [2.24, 2.45) is 5.41 Å². The molecule has 1 aliphatic heterocycles. The molecule has 0 bridgehead atoms. The minimum Gasteiger partial charge on any atom is -0.381 e. The van der Waals surface area contributed by atoms with Crippen LogP contribution in [0.4, 0.5) is 0 Å². The van der Waals surface area contributed by atoms with Crippen LogP contribution < -0.4 is 5.56 Å². The van der Waals surface area contributed by atoms with E-state index >= 15 is 0 Å². The van der Waals surface area contributed by atoms with Crippen molar-refractivity contribution in [3.8, 4) is 0 Å². The number of aryl methyl sites for hydroxylation is 1. The molecule has 1 saturated heterocycles. The number of nitrogens with zero attached hydrogens (tertiary/aromatic N) is 2. The maximum absolute atomic E-state index is 12.6. The van der Waals surface area contributed by atoms with Gasteiger partial charge in [0.25, 0.3) is 5.56 Å². The Morgan fingerprint density at radius 1 is 1.33 bits per heavy atom. The Bertz CT molecular complexity index is 705. The number of rotatable bonds is 3. The third-order valence-electron chi connectivity index (χ3n) is 4.35. The highest BCUT2D eigenvalue weighted by atomic mass is 79.9. The van der Waals surface area contributed by atoms with E-state index in [2.05, 4.69) is 20.9 Å². The second kappa shape index (κ2) is 5.89.